The predicted octanol–water partition coefficient (Wildman–Crippen LogP) is 0.509. The van der Waals surface area contributed by atoms with E-state index in [0.29, 0.717) is 11.5 Å². The Bertz CT molecular complexity index is 792. The Kier molecular flexibility index (Phi) is 3.60. The van der Waals surface area contributed by atoms with E-state index in [1.54, 1.807) is 4.68 Å². The molecule has 0 aliphatic heterocycles. The molecule has 1 aromatic carbocycles. The first-order valence-corrected chi connectivity index (χ1v) is 6.64. The largest absolute Gasteiger partial charge is 0.323 e. The Morgan fingerprint density at radius 1 is 1.27 bits per heavy atom. The van der Waals surface area contributed by atoms with Crippen molar-refractivity contribution in [1.82, 2.24) is 35.0 Å². The average Bonchev–Trinajstić information content (AvgIpc) is 3.09. The van der Waals surface area contributed by atoms with E-state index < -0.39 is 0 Å². The summed E-state index contributed by atoms with van der Waals surface area (Å²) in [7, 11) is 0. The number of hydrogen-bond donors (Lipinski definition) is 1. The van der Waals surface area contributed by atoms with Crippen molar-refractivity contribution < 1.29 is 4.79 Å². The van der Waals surface area contributed by atoms with Crippen LogP contribution in [-0.2, 0) is 11.3 Å². The fourth-order valence-electron chi connectivity index (χ4n) is 2.10. The van der Waals surface area contributed by atoms with Crippen LogP contribution in [0.3, 0.4) is 0 Å². The molecule has 3 aromatic rings. The van der Waals surface area contributed by atoms with Crippen LogP contribution in [0.5, 0.6) is 0 Å². The third-order valence-corrected chi connectivity index (χ3v) is 2.98. The number of benzene rings is 1. The first kappa shape index (κ1) is 13.9. The molecule has 0 fully saturated rings. The minimum Gasteiger partial charge on any atom is -0.323 e. The highest BCUT2D eigenvalue weighted by molar-refractivity contribution is 5.92. The molecule has 0 saturated heterocycles. The van der Waals surface area contributed by atoms with Crippen molar-refractivity contribution in [2.75, 3.05) is 5.32 Å². The Labute approximate surface area is 126 Å². The van der Waals surface area contributed by atoms with Gasteiger partial charge in [-0.3, -0.25) is 4.79 Å². The summed E-state index contributed by atoms with van der Waals surface area (Å²) in [4.78, 5) is 16.4. The molecule has 0 aliphatic rings. The zero-order valence-corrected chi connectivity index (χ0v) is 12.1. The number of nitrogens with one attached hydrogen (secondary N) is 1. The quantitative estimate of drug-likeness (QED) is 0.752. The van der Waals surface area contributed by atoms with Crippen molar-refractivity contribution in [2.45, 2.75) is 20.4 Å². The summed E-state index contributed by atoms with van der Waals surface area (Å²) in [5.41, 5.74) is 1.40. The van der Waals surface area contributed by atoms with Gasteiger partial charge in [-0.2, -0.15) is 5.10 Å². The number of tetrazole rings is 1. The summed E-state index contributed by atoms with van der Waals surface area (Å²) in [6.45, 7) is 3.72. The van der Waals surface area contributed by atoms with Gasteiger partial charge in [0.25, 0.3) is 0 Å². The highest BCUT2D eigenvalue weighted by atomic mass is 16.2. The smallest absolute Gasteiger partial charge is 0.246 e. The number of nitrogens with zero attached hydrogens (tertiary/aromatic N) is 7. The fraction of sp³-hybridized carbons (Fsp3) is 0.231. The molecule has 9 nitrogen and oxygen atoms in total. The van der Waals surface area contributed by atoms with E-state index in [1.165, 1.54) is 11.0 Å². The number of aromatic nitrogens is 7. The Hall–Kier alpha value is -3.10. The van der Waals surface area contributed by atoms with Crippen molar-refractivity contribution in [3.8, 4) is 5.69 Å². The molecule has 3 rings (SSSR count). The second-order valence-electron chi connectivity index (χ2n) is 4.69. The summed E-state index contributed by atoms with van der Waals surface area (Å²) < 4.78 is 3.05. The lowest BCUT2D eigenvalue weighted by Gasteiger charge is -2.11. The van der Waals surface area contributed by atoms with Gasteiger partial charge in [0.1, 0.15) is 24.5 Å². The average molecular weight is 298 g/mol. The highest BCUT2D eigenvalue weighted by Crippen LogP contribution is 2.20. The normalized spacial score (nSPS) is 10.6. The van der Waals surface area contributed by atoms with Crippen LogP contribution < -0.4 is 5.32 Å². The van der Waals surface area contributed by atoms with Gasteiger partial charge < -0.3 is 5.32 Å². The van der Waals surface area contributed by atoms with Crippen molar-refractivity contribution in [1.29, 1.82) is 0 Å². The van der Waals surface area contributed by atoms with E-state index in [2.05, 4.69) is 30.9 Å². The molecule has 2 heterocycles. The van der Waals surface area contributed by atoms with Crippen LogP contribution in [0.4, 0.5) is 5.69 Å². The van der Waals surface area contributed by atoms with Crippen LogP contribution in [0.1, 0.15) is 11.6 Å². The number of aryl methyl sites for hydroxylation is 2. The highest BCUT2D eigenvalue weighted by Gasteiger charge is 2.12. The zero-order chi connectivity index (χ0) is 15.5. The lowest BCUT2D eigenvalue weighted by Crippen LogP contribution is -2.20. The van der Waals surface area contributed by atoms with Crippen molar-refractivity contribution in [3.63, 3.8) is 0 Å². The van der Waals surface area contributed by atoms with Gasteiger partial charge in [-0.1, -0.05) is 12.1 Å². The van der Waals surface area contributed by atoms with Gasteiger partial charge in [-0.25, -0.2) is 14.3 Å². The lowest BCUT2D eigenvalue weighted by molar-refractivity contribution is -0.116. The first-order chi connectivity index (χ1) is 10.6. The molecule has 9 heteroatoms. The SMILES string of the molecule is Cc1nc(C)n(-c2ccccc2NC(=O)Cn2cnnn2)n1. The van der Waals surface area contributed by atoms with Crippen molar-refractivity contribution in [3.05, 3.63) is 42.2 Å². The van der Waals surface area contributed by atoms with Gasteiger partial charge in [0.15, 0.2) is 0 Å². The van der Waals surface area contributed by atoms with Gasteiger partial charge in [-0.05, 0) is 36.4 Å². The molecule has 0 aliphatic carbocycles. The minimum absolute atomic E-state index is 0.0384. The maximum Gasteiger partial charge on any atom is 0.246 e. The van der Waals surface area contributed by atoms with Crippen LogP contribution in [0.2, 0.25) is 0 Å². The maximum atomic E-state index is 12.1. The summed E-state index contributed by atoms with van der Waals surface area (Å²) in [6.07, 6.45) is 1.39. The van der Waals surface area contributed by atoms with E-state index in [9.17, 15) is 4.79 Å². The molecule has 0 unspecified atom stereocenters. The Balaban J connectivity index is 1.85. The van der Waals surface area contributed by atoms with E-state index in [4.69, 9.17) is 0 Å². The standard InChI is InChI=1S/C13H14N8O/c1-9-15-10(2)21(17-9)12-6-4-3-5-11(12)16-13(22)7-20-8-14-18-19-20/h3-6,8H,7H2,1-2H3,(H,16,22). The first-order valence-electron chi connectivity index (χ1n) is 6.64. The van der Waals surface area contributed by atoms with Crippen LogP contribution in [0, 0.1) is 13.8 Å². The van der Waals surface area contributed by atoms with Crippen molar-refractivity contribution in [2.24, 2.45) is 0 Å². The Morgan fingerprint density at radius 3 is 2.77 bits per heavy atom. The molecule has 0 saturated carbocycles. The molecule has 22 heavy (non-hydrogen) atoms. The summed E-state index contributed by atoms with van der Waals surface area (Å²) >= 11 is 0. The summed E-state index contributed by atoms with van der Waals surface area (Å²) in [5, 5.41) is 17.8. The number of carbonyl (C=O) groups is 1. The van der Waals surface area contributed by atoms with Crippen molar-refractivity contribution >= 4 is 11.6 Å². The number of hydrogen-bond acceptors (Lipinski definition) is 6. The van der Waals surface area contributed by atoms with Gasteiger partial charge in [0, 0.05) is 0 Å². The van der Waals surface area contributed by atoms with Gasteiger partial charge >= 0.3 is 0 Å². The van der Waals surface area contributed by atoms with Crippen LogP contribution in [0.15, 0.2) is 30.6 Å². The molecule has 112 valence electrons. The predicted molar refractivity (Wildman–Crippen MR) is 77.3 cm³/mol. The number of para-hydroxylation sites is 2. The molecular formula is C13H14N8O. The summed E-state index contributed by atoms with van der Waals surface area (Å²) in [6, 6.07) is 7.40. The number of amides is 1. The van der Waals surface area contributed by atoms with E-state index in [0.717, 1.165) is 11.5 Å². The summed E-state index contributed by atoms with van der Waals surface area (Å²) in [5.74, 6) is 1.20. The minimum atomic E-state index is -0.228. The molecule has 2 aromatic heterocycles. The molecular weight excluding hydrogens is 284 g/mol. The van der Waals surface area contributed by atoms with E-state index >= 15 is 0 Å². The number of carbonyl (C=O) groups excluding carboxylic acids is 1. The van der Waals surface area contributed by atoms with Crippen LogP contribution >= 0.6 is 0 Å². The van der Waals surface area contributed by atoms with Crippen LogP contribution in [0.25, 0.3) is 5.69 Å². The molecule has 0 bridgehead atoms. The molecule has 0 radical (unpaired) electrons. The zero-order valence-electron chi connectivity index (χ0n) is 12.1. The van der Waals surface area contributed by atoms with E-state index in [1.807, 2.05) is 38.1 Å². The third-order valence-electron chi connectivity index (χ3n) is 2.98. The Morgan fingerprint density at radius 2 is 2.09 bits per heavy atom. The maximum absolute atomic E-state index is 12.1. The lowest BCUT2D eigenvalue weighted by atomic mass is 10.2. The monoisotopic (exact) mass is 298 g/mol. The van der Waals surface area contributed by atoms with Crippen LogP contribution in [-0.4, -0.2) is 40.9 Å². The molecule has 0 spiro atoms. The van der Waals surface area contributed by atoms with E-state index in [-0.39, 0.29) is 12.5 Å². The van der Waals surface area contributed by atoms with Gasteiger partial charge in [0.05, 0.1) is 11.4 Å². The molecule has 1 amide bonds. The second kappa shape index (κ2) is 5.72. The topological polar surface area (TPSA) is 103 Å². The molecule has 1 N–H and O–H groups in total. The van der Waals surface area contributed by atoms with Gasteiger partial charge in [-0.15, -0.1) is 5.10 Å². The number of rotatable bonds is 4. The molecule has 0 atom stereocenters. The number of anilines is 1. The second-order valence-corrected chi connectivity index (χ2v) is 4.69. The van der Waals surface area contributed by atoms with Gasteiger partial charge in [0.2, 0.25) is 5.91 Å². The third kappa shape index (κ3) is 2.82. The fourth-order valence-corrected chi connectivity index (χ4v) is 2.10.